The van der Waals surface area contributed by atoms with Crippen LogP contribution in [0.25, 0.3) is 0 Å². The van der Waals surface area contributed by atoms with Crippen molar-refractivity contribution in [3.05, 3.63) is 0 Å². The molecule has 0 aliphatic heterocycles. The zero-order chi connectivity index (χ0) is 15.9. The third kappa shape index (κ3) is 4.85. The van der Waals surface area contributed by atoms with Crippen LogP contribution in [0, 0.1) is 17.8 Å². The van der Waals surface area contributed by atoms with Gasteiger partial charge in [-0.25, -0.2) is 0 Å². The Morgan fingerprint density at radius 2 is 1.77 bits per heavy atom. The van der Waals surface area contributed by atoms with Crippen LogP contribution in [0.5, 0.6) is 0 Å². The van der Waals surface area contributed by atoms with Crippen molar-refractivity contribution in [1.29, 1.82) is 0 Å². The summed E-state index contributed by atoms with van der Waals surface area (Å²) in [5.74, 6) is 1.13. The minimum Gasteiger partial charge on any atom is -0.396 e. The molecule has 0 aromatic heterocycles. The van der Waals surface area contributed by atoms with E-state index in [-0.39, 0.29) is 24.7 Å². The van der Waals surface area contributed by atoms with Gasteiger partial charge in [-0.3, -0.25) is 0 Å². The fourth-order valence-electron chi connectivity index (χ4n) is 4.54. The number of aliphatic hydroxyl groups is 2. The largest absolute Gasteiger partial charge is 0.396 e. The van der Waals surface area contributed by atoms with Crippen LogP contribution in [0.4, 0.5) is 0 Å². The highest BCUT2D eigenvalue weighted by molar-refractivity contribution is 7.10. The van der Waals surface area contributed by atoms with E-state index in [2.05, 4.69) is 18.9 Å². The van der Waals surface area contributed by atoms with Gasteiger partial charge >= 0.3 is 0 Å². The lowest BCUT2D eigenvalue weighted by Crippen LogP contribution is -2.28. The number of aliphatic hydroxyl groups excluding tert-OH is 2. The summed E-state index contributed by atoms with van der Waals surface area (Å²) in [5, 5.41) is 19.5. The summed E-state index contributed by atoms with van der Waals surface area (Å²) < 4.78 is 11.2. The highest BCUT2D eigenvalue weighted by atomic mass is 31.0. The van der Waals surface area contributed by atoms with Crippen LogP contribution in [0.1, 0.15) is 57.8 Å². The molecule has 4 nitrogen and oxygen atoms in total. The molecule has 0 aromatic rings. The normalized spacial score (nSPS) is 34.9. The number of hydrogen-bond donors (Lipinski definition) is 2. The summed E-state index contributed by atoms with van der Waals surface area (Å²) in [6.07, 6.45) is 9.91. The molecular weight excluding hydrogens is 318 g/mol. The molecule has 7 atom stereocenters. The summed E-state index contributed by atoms with van der Waals surface area (Å²) >= 11 is 0. The van der Waals surface area contributed by atoms with E-state index in [4.69, 9.17) is 9.05 Å². The molecule has 0 amide bonds. The molecule has 0 aromatic carbocycles. The molecule has 2 N–H and O–H groups in total. The van der Waals surface area contributed by atoms with Crippen molar-refractivity contribution in [3.63, 3.8) is 0 Å². The summed E-state index contributed by atoms with van der Waals surface area (Å²) in [6, 6.07) is 0. The molecule has 0 saturated heterocycles. The Bertz CT molecular complexity index is 313. The van der Waals surface area contributed by atoms with Crippen LogP contribution >= 0.6 is 18.9 Å². The third-order valence-electron chi connectivity index (χ3n) is 5.77. The van der Waals surface area contributed by atoms with E-state index in [0.717, 1.165) is 12.8 Å². The topological polar surface area (TPSA) is 58.9 Å². The first kappa shape index (κ1) is 19.0. The second kappa shape index (κ2) is 9.87. The Labute approximate surface area is 139 Å². The van der Waals surface area contributed by atoms with Crippen LogP contribution in [-0.4, -0.2) is 35.1 Å². The Balaban J connectivity index is 1.90. The van der Waals surface area contributed by atoms with Crippen LogP contribution in [0.3, 0.4) is 0 Å². The lowest BCUT2D eigenvalue weighted by atomic mass is 9.80. The fourth-order valence-corrected chi connectivity index (χ4v) is 5.21. The van der Waals surface area contributed by atoms with E-state index in [1.165, 1.54) is 32.1 Å². The van der Waals surface area contributed by atoms with Gasteiger partial charge in [-0.2, -0.15) is 0 Å². The lowest BCUT2D eigenvalue weighted by molar-refractivity contribution is 0.0741. The Hall–Kier alpha value is 0.700. The maximum atomic E-state index is 10.2. The highest BCUT2D eigenvalue weighted by Crippen LogP contribution is 2.41. The maximum absolute atomic E-state index is 10.2. The summed E-state index contributed by atoms with van der Waals surface area (Å²) in [6.45, 7) is 0.133. The molecule has 130 valence electrons. The first-order chi connectivity index (χ1) is 10.7. The summed E-state index contributed by atoms with van der Waals surface area (Å²) in [7, 11) is 4.80. The van der Waals surface area contributed by atoms with Crippen LogP contribution in [0.2, 0.25) is 0 Å². The molecular formula is C16H32O4P2. The van der Waals surface area contributed by atoms with E-state index in [9.17, 15) is 10.2 Å². The minimum atomic E-state index is -0.354. The van der Waals surface area contributed by atoms with Crippen molar-refractivity contribution < 1.29 is 19.3 Å². The predicted octanol–water partition coefficient (Wildman–Crippen LogP) is 3.08. The lowest BCUT2D eigenvalue weighted by Gasteiger charge is -2.31. The van der Waals surface area contributed by atoms with E-state index in [0.29, 0.717) is 30.8 Å². The molecule has 2 aliphatic rings. The number of rotatable bonds is 8. The molecule has 7 unspecified atom stereocenters. The smallest absolute Gasteiger partial charge is 0.0667 e. The predicted molar refractivity (Wildman–Crippen MR) is 94.3 cm³/mol. The zero-order valence-electron chi connectivity index (χ0n) is 13.4. The summed E-state index contributed by atoms with van der Waals surface area (Å²) in [5.41, 5.74) is 0. The van der Waals surface area contributed by atoms with Crippen molar-refractivity contribution in [1.82, 2.24) is 0 Å². The average molecular weight is 350 g/mol. The van der Waals surface area contributed by atoms with Gasteiger partial charge in [0.05, 0.1) is 18.3 Å². The van der Waals surface area contributed by atoms with Crippen LogP contribution < -0.4 is 0 Å². The van der Waals surface area contributed by atoms with Gasteiger partial charge in [-0.15, -0.1) is 0 Å². The molecule has 0 spiro atoms. The van der Waals surface area contributed by atoms with Gasteiger partial charge < -0.3 is 19.3 Å². The maximum Gasteiger partial charge on any atom is 0.0667 e. The first-order valence-corrected chi connectivity index (χ1v) is 9.65. The Kier molecular flexibility index (Phi) is 8.53. The molecule has 0 radical (unpaired) electrons. The standard InChI is InChI=1S/C16H32O4P2/c17-9-8-12-13(16(20-22)10-14(12)18)6-7-15(19-21)11-4-2-1-3-5-11/h11-18H,1-10,21-22H2. The van der Waals surface area contributed by atoms with Gasteiger partial charge in [0.1, 0.15) is 0 Å². The Morgan fingerprint density at radius 1 is 1.05 bits per heavy atom. The monoisotopic (exact) mass is 350 g/mol. The molecule has 0 heterocycles. The van der Waals surface area contributed by atoms with Gasteiger partial charge in [-0.1, -0.05) is 19.3 Å². The SMILES string of the molecule is OCCC1C(O)CC(OP)C1CCC(OP)C1CCCCC1. The van der Waals surface area contributed by atoms with E-state index in [1.54, 1.807) is 0 Å². The van der Waals surface area contributed by atoms with Crippen molar-refractivity contribution in [2.75, 3.05) is 6.61 Å². The van der Waals surface area contributed by atoms with Gasteiger partial charge in [0.25, 0.3) is 0 Å². The van der Waals surface area contributed by atoms with Gasteiger partial charge in [0.2, 0.25) is 0 Å². The minimum absolute atomic E-state index is 0.0769. The molecule has 2 aliphatic carbocycles. The fraction of sp³-hybridized carbons (Fsp3) is 1.00. The average Bonchev–Trinajstić information content (AvgIpc) is 2.85. The van der Waals surface area contributed by atoms with Crippen molar-refractivity contribution in [3.8, 4) is 0 Å². The van der Waals surface area contributed by atoms with Crippen LogP contribution in [0.15, 0.2) is 0 Å². The van der Waals surface area contributed by atoms with Crippen molar-refractivity contribution >= 4 is 18.9 Å². The molecule has 2 fully saturated rings. The first-order valence-electron chi connectivity index (χ1n) is 8.71. The highest BCUT2D eigenvalue weighted by Gasteiger charge is 2.42. The van der Waals surface area contributed by atoms with Gasteiger partial charge in [0.15, 0.2) is 0 Å². The van der Waals surface area contributed by atoms with E-state index in [1.807, 2.05) is 0 Å². The second-order valence-electron chi connectivity index (χ2n) is 6.97. The quantitative estimate of drug-likeness (QED) is 0.661. The second-order valence-corrected chi connectivity index (χ2v) is 7.51. The van der Waals surface area contributed by atoms with E-state index < -0.39 is 0 Å². The van der Waals surface area contributed by atoms with Gasteiger partial charge in [-0.05, 0) is 49.9 Å². The van der Waals surface area contributed by atoms with Crippen molar-refractivity contribution in [2.45, 2.75) is 76.1 Å². The van der Waals surface area contributed by atoms with Crippen LogP contribution in [-0.2, 0) is 9.05 Å². The van der Waals surface area contributed by atoms with Crippen molar-refractivity contribution in [2.24, 2.45) is 17.8 Å². The molecule has 6 heteroatoms. The number of hydrogen-bond acceptors (Lipinski definition) is 4. The molecule has 22 heavy (non-hydrogen) atoms. The molecule has 0 bridgehead atoms. The zero-order valence-corrected chi connectivity index (χ0v) is 15.7. The van der Waals surface area contributed by atoms with Gasteiger partial charge in [0, 0.05) is 32.0 Å². The Morgan fingerprint density at radius 3 is 2.36 bits per heavy atom. The molecule has 2 rings (SSSR count). The third-order valence-corrected chi connectivity index (χ3v) is 6.47. The van der Waals surface area contributed by atoms with E-state index >= 15 is 0 Å². The molecule has 2 saturated carbocycles. The summed E-state index contributed by atoms with van der Waals surface area (Å²) in [4.78, 5) is 0.